The van der Waals surface area contributed by atoms with Gasteiger partial charge in [0.15, 0.2) is 0 Å². The van der Waals surface area contributed by atoms with Gasteiger partial charge in [-0.15, -0.1) is 0 Å². The van der Waals surface area contributed by atoms with Crippen LogP contribution in [0.15, 0.2) is 0 Å². The minimum atomic E-state index is -0.0833. The molecule has 0 radical (unpaired) electrons. The van der Waals surface area contributed by atoms with Gasteiger partial charge in [0.1, 0.15) is 0 Å². The second-order valence-corrected chi connectivity index (χ2v) is 0. The molecular weight excluding hydrogens is 180 g/mol. The molecule has 0 aromatic rings. The van der Waals surface area contributed by atoms with E-state index >= 15 is 0 Å². The van der Waals surface area contributed by atoms with Crippen LogP contribution in [-0.4, -0.2) is 15.6 Å². The Hall–Kier alpha value is 1.12. The number of rotatable bonds is 0. The molecule has 0 aromatic heterocycles. The maximum atomic E-state index is 8.42. The van der Waals surface area contributed by atoms with Gasteiger partial charge in [-0.1, -0.05) is 0 Å². The van der Waals surface area contributed by atoms with Gasteiger partial charge in [-0.25, -0.2) is 0 Å². The zero-order valence-electron chi connectivity index (χ0n) is 2.43. The summed E-state index contributed by atoms with van der Waals surface area (Å²) < 4.78 is 8.42. The van der Waals surface area contributed by atoms with Crippen molar-refractivity contribution in [2.24, 2.45) is 0 Å². The van der Waals surface area contributed by atoms with Crippen LogP contribution in [0.3, 0.4) is 0 Å². The third kappa shape index (κ3) is 11.2. The van der Waals surface area contributed by atoms with E-state index in [4.69, 9.17) is 1.70 Å². The Morgan fingerprint density at radius 1 is 1.25 bits per heavy atom. The third-order valence-corrected chi connectivity index (χ3v) is 0. The summed E-state index contributed by atoms with van der Waals surface area (Å²) in [5.41, 5.74) is 0. The van der Waals surface area contributed by atoms with Crippen LogP contribution in [0.5, 0.6) is 0 Å². The fourth-order valence-electron chi connectivity index (χ4n) is 0. The third-order valence-electron chi connectivity index (χ3n) is 0. The predicted molar refractivity (Wildman–Crippen MR) is 9.77 cm³/mol. The summed E-state index contributed by atoms with van der Waals surface area (Å²) in [6, 6.07) is 0. The molecule has 0 saturated carbocycles. The van der Waals surface area contributed by atoms with Crippen molar-refractivity contribution in [3.05, 3.63) is 0 Å². The van der Waals surface area contributed by atoms with Crippen LogP contribution in [0, 0.1) is 33.8 Å². The van der Waals surface area contributed by atoms with Crippen LogP contribution in [0.2, 0.25) is 0 Å². The van der Waals surface area contributed by atoms with Crippen molar-refractivity contribution < 1.29 is 41.0 Å². The summed E-state index contributed by atoms with van der Waals surface area (Å²) in [5.74, 6) is 0. The Morgan fingerprint density at radius 2 is 1.25 bits per heavy atom. The van der Waals surface area contributed by atoms with Crippen LogP contribution in [0.1, 0.15) is 0 Å². The Morgan fingerprint density at radius 3 is 1.25 bits per heavy atom. The second kappa shape index (κ2) is 31.9. The number of hydrogen-bond donors (Lipinski definition) is 0. The number of hydrogen-bond acceptors (Lipinski definition) is 2. The second-order valence-electron chi connectivity index (χ2n) is 0. The van der Waals surface area contributed by atoms with Crippen molar-refractivity contribution in [1.29, 1.82) is 0 Å². The molecule has 0 bridgehead atoms. The summed E-state index contributed by atoms with van der Waals surface area (Å²) in [6.45, 7) is 0. The first-order valence-electron chi connectivity index (χ1n) is 0.236. The monoisotopic (exact) mass is 182 g/mol. The van der Waals surface area contributed by atoms with Crippen LogP contribution in [0.4, 0.5) is 0 Å². The summed E-state index contributed by atoms with van der Waals surface area (Å²) in [6.07, 6.45) is 0. The van der Waals surface area contributed by atoms with E-state index in [2.05, 4.69) is 0 Å². The standard InChI is InChI=1S/Be.La.H2O.O.H/h;;1H2;;/q+1;;;;/p-1. The van der Waals surface area contributed by atoms with Gasteiger partial charge < -0.3 is 5.48 Å². The van der Waals surface area contributed by atoms with E-state index in [9.17, 15) is 0 Å². The summed E-state index contributed by atoms with van der Waals surface area (Å²) in [7, 11) is 0. The molecule has 0 aliphatic carbocycles. The molecule has 4 heteroatoms. The summed E-state index contributed by atoms with van der Waals surface area (Å²) >= 11 is -0.0833. The van der Waals surface area contributed by atoms with E-state index in [1.54, 1.807) is 0 Å². The molecule has 0 atom stereocenters. The van der Waals surface area contributed by atoms with Gasteiger partial charge in [-0.2, -0.15) is 0 Å². The van der Waals surface area contributed by atoms with E-state index in [-0.39, 0.29) is 49.4 Å². The Bertz CT molecular complexity index is 6.00. The average molecular weight is 182 g/mol. The molecule has 0 amide bonds. The molecule has 0 heterocycles. The Labute approximate surface area is 50.8 Å². The quantitative estimate of drug-likeness (QED) is 0.453. The molecule has 1 N–H and O–H groups in total. The van der Waals surface area contributed by atoms with Crippen molar-refractivity contribution in [2.75, 3.05) is 0 Å². The molecule has 0 saturated heterocycles. The van der Waals surface area contributed by atoms with Gasteiger partial charge in [0.2, 0.25) is 0 Å². The zero-order chi connectivity index (χ0) is 2.00. The van der Waals surface area contributed by atoms with Crippen LogP contribution in [-0.2, 0) is 1.70 Å². The topological polar surface area (TPSA) is 47.1 Å². The van der Waals surface area contributed by atoms with Crippen molar-refractivity contribution in [2.45, 2.75) is 0 Å². The molecule has 0 fully saturated rings. The van der Waals surface area contributed by atoms with Gasteiger partial charge in [0.05, 0.1) is 0 Å². The maximum absolute atomic E-state index is 8.42. The van der Waals surface area contributed by atoms with Crippen molar-refractivity contribution in [3.8, 4) is 0 Å². The molecular formula is H2BeLaO2. The Kier molecular flexibility index (Phi) is 154. The molecule has 4 heavy (non-hydrogen) atoms. The normalized spacial score (nSPS) is 1.50. The first-order chi connectivity index (χ1) is 1.00. The predicted octanol–water partition coefficient (Wildman–Crippen LogP) is -0.944. The molecule has 19 valence electrons. The van der Waals surface area contributed by atoms with E-state index in [1.807, 2.05) is 0 Å². The molecule has 0 unspecified atom stereocenters. The summed E-state index contributed by atoms with van der Waals surface area (Å²) in [4.78, 5) is 0. The Balaban J connectivity index is -0.00000000500. The fourth-order valence-corrected chi connectivity index (χ4v) is 0. The summed E-state index contributed by atoms with van der Waals surface area (Å²) in [5, 5.41) is 0. The van der Waals surface area contributed by atoms with Crippen LogP contribution in [0.25, 0.3) is 0 Å². The van der Waals surface area contributed by atoms with Crippen molar-refractivity contribution in [3.63, 3.8) is 0 Å². The minimum absolute atomic E-state index is 0. The fraction of sp³-hybridized carbons (Fsp3) is 0. The molecule has 0 rings (SSSR count). The van der Waals surface area contributed by atoms with E-state index in [1.165, 1.54) is 0 Å². The molecule has 0 aliphatic heterocycles. The first kappa shape index (κ1) is 19.3. The first-order valence-corrected chi connectivity index (χ1v) is 1.72. The van der Waals surface area contributed by atoms with Gasteiger partial charge in [0.25, 0.3) is 0 Å². The van der Waals surface area contributed by atoms with Gasteiger partial charge in [-0.3, -0.25) is 0 Å². The molecule has 2 nitrogen and oxygen atoms in total. The SMILES string of the molecule is [BeH+].[OH-].[O]=[La]. The van der Waals surface area contributed by atoms with Gasteiger partial charge in [-0.05, 0) is 0 Å². The van der Waals surface area contributed by atoms with E-state index in [0.717, 1.165) is 0 Å². The van der Waals surface area contributed by atoms with Crippen LogP contribution < -0.4 is 0 Å². The van der Waals surface area contributed by atoms with E-state index < -0.39 is 0 Å². The van der Waals surface area contributed by atoms with Crippen LogP contribution >= 0.6 is 0 Å². The van der Waals surface area contributed by atoms with Crippen molar-refractivity contribution >= 4 is 10.1 Å². The molecule has 0 spiro atoms. The van der Waals surface area contributed by atoms with Gasteiger partial charge >= 0.3 is 45.6 Å². The molecule has 0 aromatic carbocycles. The van der Waals surface area contributed by atoms with E-state index in [0.29, 0.717) is 0 Å². The van der Waals surface area contributed by atoms with Gasteiger partial charge in [0, 0.05) is 0 Å². The van der Waals surface area contributed by atoms with Crippen molar-refractivity contribution in [1.82, 2.24) is 0 Å². The zero-order valence-corrected chi connectivity index (χ0v) is 6.06. The average Bonchev–Trinajstić information content (AvgIpc) is 1.00. The molecule has 0 aliphatic rings.